The Kier molecular flexibility index (Phi) is 1.59. The molecule has 0 saturated carbocycles. The summed E-state index contributed by atoms with van der Waals surface area (Å²) < 4.78 is 5.02. The molecular weight excluding hydrogens is 168 g/mol. The third kappa shape index (κ3) is 1.18. The molecule has 3 heteroatoms. The highest BCUT2D eigenvalue weighted by Gasteiger charge is 2.06. The molecule has 13 heavy (non-hydrogen) atoms. The van der Waals surface area contributed by atoms with Gasteiger partial charge in [0.15, 0.2) is 11.5 Å². The van der Waals surface area contributed by atoms with Crippen molar-refractivity contribution in [3.05, 3.63) is 30.0 Å². The monoisotopic (exact) mass is 176 g/mol. The molecule has 0 saturated heterocycles. The van der Waals surface area contributed by atoms with Crippen molar-refractivity contribution >= 4 is 16.8 Å². The van der Waals surface area contributed by atoms with Crippen LogP contribution in [0.3, 0.4) is 0 Å². The second kappa shape index (κ2) is 2.62. The smallest absolute Gasteiger partial charge is 0.161 e. The van der Waals surface area contributed by atoms with Gasteiger partial charge in [-0.1, -0.05) is 0 Å². The Morgan fingerprint density at radius 1 is 1.46 bits per heavy atom. The number of hydrogen-bond donors (Lipinski definition) is 1. The lowest BCUT2D eigenvalue weighted by molar-refractivity contribution is 0.101. The van der Waals surface area contributed by atoms with Gasteiger partial charge in [-0.3, -0.25) is 4.79 Å². The first-order valence-electron chi connectivity index (χ1n) is 3.89. The van der Waals surface area contributed by atoms with Gasteiger partial charge in [-0.25, -0.2) is 0 Å². The zero-order valence-electron chi connectivity index (χ0n) is 7.07. The molecule has 1 aromatic carbocycles. The van der Waals surface area contributed by atoms with Crippen LogP contribution < -0.4 is 0 Å². The predicted molar refractivity (Wildman–Crippen MR) is 47.9 cm³/mol. The minimum Gasteiger partial charge on any atom is -0.504 e. The van der Waals surface area contributed by atoms with Crippen molar-refractivity contribution in [2.24, 2.45) is 0 Å². The van der Waals surface area contributed by atoms with E-state index in [0.29, 0.717) is 16.5 Å². The number of aromatic hydroxyl groups is 1. The summed E-state index contributed by atoms with van der Waals surface area (Å²) in [5.74, 6) is 0.0422. The molecule has 0 aliphatic heterocycles. The summed E-state index contributed by atoms with van der Waals surface area (Å²) >= 11 is 0. The molecule has 1 aromatic heterocycles. The predicted octanol–water partition coefficient (Wildman–Crippen LogP) is 2.34. The maximum absolute atomic E-state index is 11.0. The van der Waals surface area contributed by atoms with Gasteiger partial charge in [0.05, 0.1) is 5.39 Å². The van der Waals surface area contributed by atoms with E-state index in [0.717, 1.165) is 0 Å². The number of fused-ring (bicyclic) bond motifs is 1. The van der Waals surface area contributed by atoms with E-state index in [4.69, 9.17) is 4.42 Å². The van der Waals surface area contributed by atoms with Gasteiger partial charge < -0.3 is 9.52 Å². The Bertz CT molecular complexity index is 468. The number of ketones is 1. The SMILES string of the molecule is CC(=O)c1ccc2occ(O)c2c1. The van der Waals surface area contributed by atoms with Crippen LogP contribution in [0, 0.1) is 0 Å². The fourth-order valence-corrected chi connectivity index (χ4v) is 1.23. The second-order valence-electron chi connectivity index (χ2n) is 2.89. The molecule has 0 aliphatic rings. The third-order valence-electron chi connectivity index (χ3n) is 1.96. The largest absolute Gasteiger partial charge is 0.504 e. The lowest BCUT2D eigenvalue weighted by Gasteiger charge is -1.94. The summed E-state index contributed by atoms with van der Waals surface area (Å²) in [6.45, 7) is 1.48. The fourth-order valence-electron chi connectivity index (χ4n) is 1.23. The van der Waals surface area contributed by atoms with Gasteiger partial charge in [0.25, 0.3) is 0 Å². The number of carbonyl (C=O) groups is 1. The average molecular weight is 176 g/mol. The summed E-state index contributed by atoms with van der Waals surface area (Å²) in [6, 6.07) is 4.97. The van der Waals surface area contributed by atoms with Crippen molar-refractivity contribution in [3.63, 3.8) is 0 Å². The van der Waals surface area contributed by atoms with Crippen molar-refractivity contribution in [1.82, 2.24) is 0 Å². The Balaban J connectivity index is 2.72. The van der Waals surface area contributed by atoms with Crippen LogP contribution in [-0.2, 0) is 0 Å². The summed E-state index contributed by atoms with van der Waals surface area (Å²) in [5, 5.41) is 9.89. The van der Waals surface area contributed by atoms with E-state index in [2.05, 4.69) is 0 Å². The van der Waals surface area contributed by atoms with E-state index >= 15 is 0 Å². The first-order chi connectivity index (χ1) is 6.18. The highest BCUT2D eigenvalue weighted by Crippen LogP contribution is 2.27. The van der Waals surface area contributed by atoms with E-state index in [9.17, 15) is 9.90 Å². The van der Waals surface area contributed by atoms with E-state index < -0.39 is 0 Å². The van der Waals surface area contributed by atoms with Crippen LogP contribution >= 0.6 is 0 Å². The molecule has 0 aliphatic carbocycles. The van der Waals surface area contributed by atoms with Crippen LogP contribution in [0.25, 0.3) is 11.0 Å². The Labute approximate surface area is 74.6 Å². The van der Waals surface area contributed by atoms with Crippen molar-refractivity contribution in [2.75, 3.05) is 0 Å². The van der Waals surface area contributed by atoms with Gasteiger partial charge in [0.1, 0.15) is 11.8 Å². The highest BCUT2D eigenvalue weighted by atomic mass is 16.4. The second-order valence-corrected chi connectivity index (χ2v) is 2.89. The van der Waals surface area contributed by atoms with Crippen molar-refractivity contribution in [3.8, 4) is 5.75 Å². The number of benzene rings is 1. The van der Waals surface area contributed by atoms with Crippen LogP contribution in [-0.4, -0.2) is 10.9 Å². The first-order valence-corrected chi connectivity index (χ1v) is 3.89. The molecule has 0 bridgehead atoms. The molecule has 0 unspecified atom stereocenters. The van der Waals surface area contributed by atoms with Crippen LogP contribution in [0.2, 0.25) is 0 Å². The number of rotatable bonds is 1. The molecular formula is C10H8O3. The number of hydrogen-bond acceptors (Lipinski definition) is 3. The Morgan fingerprint density at radius 3 is 2.92 bits per heavy atom. The van der Waals surface area contributed by atoms with Gasteiger partial charge in [0, 0.05) is 5.56 Å². The molecule has 0 atom stereocenters. The van der Waals surface area contributed by atoms with Gasteiger partial charge in [-0.15, -0.1) is 0 Å². The van der Waals surface area contributed by atoms with E-state index in [1.165, 1.54) is 13.2 Å². The standard InChI is InChI=1S/C10H8O3/c1-6(11)7-2-3-10-8(4-7)9(12)5-13-10/h2-5,12H,1H3. The van der Waals surface area contributed by atoms with Crippen LogP contribution in [0.5, 0.6) is 5.75 Å². The molecule has 2 aromatic rings. The summed E-state index contributed by atoms with van der Waals surface area (Å²) in [7, 11) is 0. The van der Waals surface area contributed by atoms with Crippen LogP contribution in [0.4, 0.5) is 0 Å². The highest BCUT2D eigenvalue weighted by molar-refractivity contribution is 5.98. The van der Waals surface area contributed by atoms with Gasteiger partial charge in [-0.2, -0.15) is 0 Å². The van der Waals surface area contributed by atoms with E-state index in [-0.39, 0.29) is 11.5 Å². The normalized spacial score (nSPS) is 10.5. The minimum absolute atomic E-state index is 0.0255. The van der Waals surface area contributed by atoms with Crippen molar-refractivity contribution in [1.29, 1.82) is 0 Å². The summed E-state index contributed by atoms with van der Waals surface area (Å²) in [5.41, 5.74) is 1.16. The van der Waals surface area contributed by atoms with Crippen molar-refractivity contribution < 1.29 is 14.3 Å². The summed E-state index contributed by atoms with van der Waals surface area (Å²) in [6.07, 6.45) is 1.26. The lowest BCUT2D eigenvalue weighted by Crippen LogP contribution is -1.89. The maximum Gasteiger partial charge on any atom is 0.161 e. The maximum atomic E-state index is 11.0. The fraction of sp³-hybridized carbons (Fsp3) is 0.100. The molecule has 0 fully saturated rings. The zero-order chi connectivity index (χ0) is 9.42. The zero-order valence-corrected chi connectivity index (χ0v) is 7.07. The minimum atomic E-state index is -0.0255. The van der Waals surface area contributed by atoms with Crippen LogP contribution in [0.1, 0.15) is 17.3 Å². The molecule has 0 spiro atoms. The Morgan fingerprint density at radius 2 is 2.23 bits per heavy atom. The van der Waals surface area contributed by atoms with Gasteiger partial charge in [-0.05, 0) is 25.1 Å². The van der Waals surface area contributed by atoms with Gasteiger partial charge >= 0.3 is 0 Å². The number of carbonyl (C=O) groups excluding carboxylic acids is 1. The van der Waals surface area contributed by atoms with Crippen LogP contribution in [0.15, 0.2) is 28.9 Å². The first kappa shape index (κ1) is 7.86. The summed E-state index contributed by atoms with van der Waals surface area (Å²) in [4.78, 5) is 11.0. The van der Waals surface area contributed by atoms with Gasteiger partial charge in [0.2, 0.25) is 0 Å². The molecule has 0 radical (unpaired) electrons. The third-order valence-corrected chi connectivity index (χ3v) is 1.96. The molecule has 66 valence electrons. The molecule has 2 rings (SSSR count). The topological polar surface area (TPSA) is 50.4 Å². The molecule has 3 nitrogen and oxygen atoms in total. The molecule has 0 amide bonds. The molecule has 1 heterocycles. The Hall–Kier alpha value is -1.77. The lowest BCUT2D eigenvalue weighted by atomic mass is 10.1. The van der Waals surface area contributed by atoms with E-state index in [1.807, 2.05) is 0 Å². The number of Topliss-reactive ketones (excluding diaryl/α,β-unsaturated/α-hetero) is 1. The average Bonchev–Trinajstić information content (AvgIpc) is 2.47. The quantitative estimate of drug-likeness (QED) is 0.678. The number of furan rings is 1. The van der Waals surface area contributed by atoms with E-state index in [1.54, 1.807) is 18.2 Å². The van der Waals surface area contributed by atoms with Crippen molar-refractivity contribution in [2.45, 2.75) is 6.92 Å². The molecule has 1 N–H and O–H groups in total.